The second-order valence-electron chi connectivity index (χ2n) is 7.19. The fourth-order valence-corrected chi connectivity index (χ4v) is 4.95. The van der Waals surface area contributed by atoms with Crippen LogP contribution in [0, 0.1) is 11.8 Å². The van der Waals surface area contributed by atoms with Crippen molar-refractivity contribution in [3.05, 3.63) is 30.3 Å². The van der Waals surface area contributed by atoms with E-state index in [0.29, 0.717) is 11.8 Å². The Morgan fingerprint density at radius 1 is 0.792 bits per heavy atom. The average Bonchev–Trinajstić information content (AvgIpc) is 2.64. The Morgan fingerprint density at radius 3 is 1.79 bits per heavy atom. The van der Waals surface area contributed by atoms with Crippen LogP contribution in [0.1, 0.15) is 64.2 Å². The first-order valence-corrected chi connectivity index (χ1v) is 10.7. The van der Waals surface area contributed by atoms with Gasteiger partial charge in [0.05, 0.1) is 4.90 Å². The molecule has 2 fully saturated rings. The lowest BCUT2D eigenvalue weighted by Gasteiger charge is -2.36. The van der Waals surface area contributed by atoms with Gasteiger partial charge in [-0.2, -0.15) is 8.42 Å². The van der Waals surface area contributed by atoms with Crippen molar-refractivity contribution in [1.82, 2.24) is 0 Å². The van der Waals surface area contributed by atoms with E-state index in [1.165, 1.54) is 50.7 Å². The Labute approximate surface area is 145 Å². The van der Waals surface area contributed by atoms with Crippen molar-refractivity contribution >= 4 is 10.1 Å². The van der Waals surface area contributed by atoms with Crippen LogP contribution >= 0.6 is 0 Å². The van der Waals surface area contributed by atoms with Gasteiger partial charge < -0.3 is 0 Å². The van der Waals surface area contributed by atoms with E-state index in [9.17, 15) is 8.42 Å². The van der Waals surface area contributed by atoms with E-state index in [1.807, 2.05) is 0 Å². The maximum atomic E-state index is 12.4. The van der Waals surface area contributed by atoms with Gasteiger partial charge in [0.25, 0.3) is 0 Å². The van der Waals surface area contributed by atoms with E-state index in [1.54, 1.807) is 18.2 Å². The van der Waals surface area contributed by atoms with E-state index in [2.05, 4.69) is 0 Å². The van der Waals surface area contributed by atoms with Crippen molar-refractivity contribution < 1.29 is 17.6 Å². The zero-order valence-corrected chi connectivity index (χ0v) is 15.0. The van der Waals surface area contributed by atoms with E-state index >= 15 is 0 Å². The summed E-state index contributed by atoms with van der Waals surface area (Å²) >= 11 is 0. The minimum Gasteiger partial charge on any atom is -0.216 e. The van der Waals surface area contributed by atoms with Gasteiger partial charge >= 0.3 is 10.1 Å². The molecule has 0 spiro atoms. The van der Waals surface area contributed by atoms with Crippen molar-refractivity contribution in [2.24, 2.45) is 11.8 Å². The summed E-state index contributed by atoms with van der Waals surface area (Å²) in [5, 5.41) is 0. The molecule has 0 heterocycles. The van der Waals surface area contributed by atoms with Crippen molar-refractivity contribution in [3.8, 4) is 0 Å². The molecular formula is C19H28O4S. The van der Waals surface area contributed by atoms with Gasteiger partial charge in [-0.25, -0.2) is 4.89 Å². The largest absolute Gasteiger partial charge is 0.323 e. The summed E-state index contributed by atoms with van der Waals surface area (Å²) in [5.74, 6) is 0.848. The van der Waals surface area contributed by atoms with Gasteiger partial charge in [0.15, 0.2) is 0 Å². The molecule has 0 aliphatic heterocycles. The highest BCUT2D eigenvalue weighted by atomic mass is 32.2. The van der Waals surface area contributed by atoms with Gasteiger partial charge in [0, 0.05) is 0 Å². The summed E-state index contributed by atoms with van der Waals surface area (Å²) in [6.07, 6.45) is 11.8. The Bertz CT molecular complexity index is 569. The van der Waals surface area contributed by atoms with Crippen LogP contribution in [-0.4, -0.2) is 14.5 Å². The first-order valence-electron chi connectivity index (χ1n) is 9.32. The smallest absolute Gasteiger partial charge is 0.216 e. The van der Waals surface area contributed by atoms with E-state index in [4.69, 9.17) is 9.22 Å². The number of hydrogen-bond acceptors (Lipinski definition) is 4. The fraction of sp³-hybridized carbons (Fsp3) is 0.684. The molecule has 2 aliphatic carbocycles. The van der Waals surface area contributed by atoms with Gasteiger partial charge in [-0.05, 0) is 49.7 Å². The van der Waals surface area contributed by atoms with E-state index < -0.39 is 10.1 Å². The van der Waals surface area contributed by atoms with Crippen LogP contribution in [0.15, 0.2) is 35.2 Å². The molecule has 0 radical (unpaired) electrons. The molecule has 0 saturated heterocycles. The quantitative estimate of drug-likeness (QED) is 0.542. The molecule has 0 atom stereocenters. The molecule has 0 amide bonds. The van der Waals surface area contributed by atoms with Gasteiger partial charge in [-0.15, -0.1) is 4.33 Å². The second-order valence-corrected chi connectivity index (χ2v) is 8.71. The number of rotatable bonds is 6. The van der Waals surface area contributed by atoms with Crippen LogP contribution in [0.4, 0.5) is 0 Å². The van der Waals surface area contributed by atoms with Crippen molar-refractivity contribution in [2.45, 2.75) is 75.2 Å². The summed E-state index contributed by atoms with van der Waals surface area (Å²) in [7, 11) is -3.85. The van der Waals surface area contributed by atoms with Crippen LogP contribution in [0.5, 0.6) is 0 Å². The number of benzene rings is 1. The van der Waals surface area contributed by atoms with Crippen LogP contribution < -0.4 is 0 Å². The Balaban J connectivity index is 1.69. The van der Waals surface area contributed by atoms with Crippen molar-refractivity contribution in [3.63, 3.8) is 0 Å². The summed E-state index contributed by atoms with van der Waals surface area (Å²) in [4.78, 5) is 5.80. The summed E-state index contributed by atoms with van der Waals surface area (Å²) in [6.45, 7) is 0. The third-order valence-corrected chi connectivity index (χ3v) is 6.61. The van der Waals surface area contributed by atoms with E-state index in [0.717, 1.165) is 25.7 Å². The summed E-state index contributed by atoms with van der Waals surface area (Å²) in [6, 6.07) is 8.24. The summed E-state index contributed by atoms with van der Waals surface area (Å²) < 4.78 is 29.8. The highest BCUT2D eigenvalue weighted by molar-refractivity contribution is 7.86. The van der Waals surface area contributed by atoms with Crippen LogP contribution in [-0.2, 0) is 19.3 Å². The van der Waals surface area contributed by atoms with E-state index in [-0.39, 0.29) is 11.0 Å². The molecule has 4 nitrogen and oxygen atoms in total. The van der Waals surface area contributed by atoms with Gasteiger partial charge in [0.2, 0.25) is 0 Å². The maximum Gasteiger partial charge on any atom is 0.323 e. The molecule has 0 aromatic heterocycles. The van der Waals surface area contributed by atoms with Crippen molar-refractivity contribution in [1.29, 1.82) is 0 Å². The normalized spacial score (nSPS) is 21.2. The second kappa shape index (κ2) is 8.45. The molecule has 0 unspecified atom stereocenters. The predicted molar refractivity (Wildman–Crippen MR) is 92.7 cm³/mol. The molecule has 1 aromatic rings. The molecule has 0 bridgehead atoms. The first kappa shape index (κ1) is 17.9. The molecule has 2 saturated carbocycles. The highest BCUT2D eigenvalue weighted by Gasteiger charge is 2.34. The molecule has 0 N–H and O–H groups in total. The number of hydrogen-bond donors (Lipinski definition) is 0. The molecule has 134 valence electrons. The highest BCUT2D eigenvalue weighted by Crippen LogP contribution is 2.37. The Kier molecular flexibility index (Phi) is 6.31. The maximum absolute atomic E-state index is 12.4. The lowest BCUT2D eigenvalue weighted by Crippen LogP contribution is -2.35. The minimum atomic E-state index is -3.85. The monoisotopic (exact) mass is 352 g/mol. The molecule has 3 rings (SSSR count). The molecule has 5 heteroatoms. The fourth-order valence-electron chi connectivity index (χ4n) is 4.19. The first-order chi connectivity index (χ1) is 11.7. The lowest BCUT2D eigenvalue weighted by molar-refractivity contribution is -0.272. The van der Waals surface area contributed by atoms with Crippen LogP contribution in [0.25, 0.3) is 0 Å². The topological polar surface area (TPSA) is 52.6 Å². The van der Waals surface area contributed by atoms with Crippen LogP contribution in [0.2, 0.25) is 0 Å². The van der Waals surface area contributed by atoms with Gasteiger partial charge in [-0.1, -0.05) is 56.7 Å². The standard InChI is InChI=1S/C19H28O4S/c20-24(21,18-14-8-3-9-15-18)23-22-19(16-10-4-1-5-11-16)17-12-6-2-7-13-17/h3,8-9,14-17,19H,1-2,4-7,10-13H2. The Hall–Kier alpha value is -0.910. The molecule has 2 aliphatic rings. The summed E-state index contributed by atoms with van der Waals surface area (Å²) in [5.41, 5.74) is 0. The zero-order chi connectivity index (χ0) is 16.8. The Morgan fingerprint density at radius 2 is 1.29 bits per heavy atom. The van der Waals surface area contributed by atoms with Crippen molar-refractivity contribution in [2.75, 3.05) is 0 Å². The molecular weight excluding hydrogens is 324 g/mol. The third-order valence-electron chi connectivity index (χ3n) is 5.50. The SMILES string of the molecule is O=S(=O)(OOC(C1CCCCC1)C1CCCCC1)c1ccccc1. The zero-order valence-electron chi connectivity index (χ0n) is 14.2. The average molecular weight is 352 g/mol. The predicted octanol–water partition coefficient (Wildman–Crippen LogP) is 4.85. The van der Waals surface area contributed by atoms with Gasteiger partial charge in [0.1, 0.15) is 6.10 Å². The third kappa shape index (κ3) is 4.58. The molecule has 24 heavy (non-hydrogen) atoms. The molecule has 1 aromatic carbocycles. The lowest BCUT2D eigenvalue weighted by atomic mass is 9.75. The van der Waals surface area contributed by atoms with Gasteiger partial charge in [-0.3, -0.25) is 0 Å². The van der Waals surface area contributed by atoms with Crippen LogP contribution in [0.3, 0.4) is 0 Å². The minimum absolute atomic E-state index is 0.0934.